The van der Waals surface area contributed by atoms with Gasteiger partial charge in [-0.25, -0.2) is 4.98 Å². The van der Waals surface area contributed by atoms with Gasteiger partial charge in [-0.3, -0.25) is 4.79 Å². The minimum Gasteiger partial charge on any atom is -0.469 e. The quantitative estimate of drug-likeness (QED) is 0.438. The molecular weight excluding hydrogens is 356 g/mol. The molecule has 0 N–H and O–H groups in total. The first-order valence-corrected chi connectivity index (χ1v) is 8.43. The van der Waals surface area contributed by atoms with Gasteiger partial charge in [0.05, 0.1) is 23.7 Å². The van der Waals surface area contributed by atoms with Gasteiger partial charge < -0.3 is 4.74 Å². The lowest BCUT2D eigenvalue weighted by molar-refractivity contribution is -0.139. The molecule has 128 valence electrons. The summed E-state index contributed by atoms with van der Waals surface area (Å²) in [5.74, 6) is -0.0780. The predicted molar refractivity (Wildman–Crippen MR) is 92.1 cm³/mol. The van der Waals surface area contributed by atoms with Crippen molar-refractivity contribution in [2.24, 2.45) is 0 Å². The average molecular weight is 366 g/mol. The number of benzene rings is 1. The number of hydrogen-bond acceptors (Lipinski definition) is 9. The van der Waals surface area contributed by atoms with E-state index in [9.17, 15) is 4.79 Å². The molecule has 5 aromatic rings. The van der Waals surface area contributed by atoms with E-state index < -0.39 is 5.97 Å². The lowest BCUT2D eigenvalue weighted by Gasteiger charge is -1.98. The van der Waals surface area contributed by atoms with Crippen molar-refractivity contribution in [2.75, 3.05) is 7.11 Å². The highest BCUT2D eigenvalue weighted by Crippen LogP contribution is 2.27. The van der Waals surface area contributed by atoms with Gasteiger partial charge in [-0.1, -0.05) is 23.5 Å². The second-order valence-corrected chi connectivity index (χ2v) is 6.43. The summed E-state index contributed by atoms with van der Waals surface area (Å²) in [5.41, 5.74) is 2.30. The summed E-state index contributed by atoms with van der Waals surface area (Å²) < 4.78 is 8.93. The van der Waals surface area contributed by atoms with Crippen LogP contribution in [0.3, 0.4) is 0 Å². The maximum absolute atomic E-state index is 11.8. The van der Waals surface area contributed by atoms with Crippen molar-refractivity contribution >= 4 is 44.5 Å². The van der Waals surface area contributed by atoms with Gasteiger partial charge in [-0.05, 0) is 12.1 Å². The largest absolute Gasteiger partial charge is 0.469 e. The third-order valence-corrected chi connectivity index (χ3v) is 4.89. The van der Waals surface area contributed by atoms with Gasteiger partial charge in [0.25, 0.3) is 5.78 Å². The molecule has 0 aliphatic rings. The van der Waals surface area contributed by atoms with Crippen LogP contribution in [0.25, 0.3) is 32.3 Å². The van der Waals surface area contributed by atoms with Gasteiger partial charge in [-0.2, -0.15) is 24.4 Å². The van der Waals surface area contributed by atoms with Gasteiger partial charge in [-0.15, -0.1) is 10.2 Å². The zero-order chi connectivity index (χ0) is 17.7. The maximum atomic E-state index is 11.8. The molecule has 1 aromatic carbocycles. The Morgan fingerprint density at radius 1 is 1.27 bits per heavy atom. The highest BCUT2D eigenvalue weighted by atomic mass is 32.1. The minimum atomic E-state index is -0.415. The van der Waals surface area contributed by atoms with Crippen LogP contribution in [0.4, 0.5) is 0 Å². The number of rotatable bonds is 3. The summed E-state index contributed by atoms with van der Waals surface area (Å²) in [6.07, 6.45) is 1.36. The highest BCUT2D eigenvalue weighted by Gasteiger charge is 2.22. The highest BCUT2D eigenvalue weighted by molar-refractivity contribution is 7.20. The normalized spacial score (nSPS) is 11.6. The molecule has 0 spiro atoms. The van der Waals surface area contributed by atoms with E-state index in [0.29, 0.717) is 27.8 Å². The Labute approximate surface area is 149 Å². The second kappa shape index (κ2) is 5.52. The molecule has 10 nitrogen and oxygen atoms in total. The second-order valence-electron chi connectivity index (χ2n) is 5.42. The molecule has 5 rings (SSSR count). The van der Waals surface area contributed by atoms with Gasteiger partial charge in [0.2, 0.25) is 5.13 Å². The average Bonchev–Trinajstić information content (AvgIpc) is 3.37. The molecular formula is C15H10N8O2S. The van der Waals surface area contributed by atoms with Crippen molar-refractivity contribution in [3.8, 4) is 5.13 Å². The number of carbonyl (C=O) groups is 1. The number of nitrogens with zero attached hydrogens (tertiary/aromatic N) is 8. The SMILES string of the molecule is COC(=O)Cc1nn(-c2nc3ccccc3s2)c2c1nnc1ncnn12. The zero-order valence-electron chi connectivity index (χ0n) is 13.4. The summed E-state index contributed by atoms with van der Waals surface area (Å²) in [5, 5.41) is 17.6. The van der Waals surface area contributed by atoms with Crippen LogP contribution in [-0.2, 0) is 16.0 Å². The maximum Gasteiger partial charge on any atom is 0.311 e. The molecule has 0 saturated carbocycles. The van der Waals surface area contributed by atoms with Crippen molar-refractivity contribution in [3.05, 3.63) is 36.3 Å². The monoisotopic (exact) mass is 366 g/mol. The Morgan fingerprint density at radius 3 is 3.00 bits per heavy atom. The van der Waals surface area contributed by atoms with Crippen molar-refractivity contribution in [1.29, 1.82) is 0 Å². The summed E-state index contributed by atoms with van der Waals surface area (Å²) in [7, 11) is 1.33. The van der Waals surface area contributed by atoms with E-state index in [1.165, 1.54) is 29.3 Å². The Balaban J connectivity index is 1.82. The van der Waals surface area contributed by atoms with Crippen molar-refractivity contribution in [3.63, 3.8) is 0 Å². The molecule has 0 aliphatic heterocycles. The van der Waals surface area contributed by atoms with Gasteiger partial charge in [0.1, 0.15) is 12.0 Å². The molecule has 4 heterocycles. The predicted octanol–water partition coefficient (Wildman–Crippen LogP) is 1.18. The van der Waals surface area contributed by atoms with Crippen LogP contribution < -0.4 is 0 Å². The summed E-state index contributed by atoms with van der Waals surface area (Å²) in [6.45, 7) is 0. The van der Waals surface area contributed by atoms with Crippen LogP contribution in [0.2, 0.25) is 0 Å². The Bertz CT molecular complexity index is 1250. The molecule has 0 saturated heterocycles. The first kappa shape index (κ1) is 14.8. The Hall–Kier alpha value is -3.47. The topological polar surface area (TPSA) is 113 Å². The smallest absolute Gasteiger partial charge is 0.311 e. The lowest BCUT2D eigenvalue weighted by Crippen LogP contribution is -2.06. The van der Waals surface area contributed by atoms with Crippen molar-refractivity contribution < 1.29 is 9.53 Å². The van der Waals surface area contributed by atoms with Crippen LogP contribution >= 0.6 is 11.3 Å². The number of ether oxygens (including phenoxy) is 1. The third kappa shape index (κ3) is 2.14. The van der Waals surface area contributed by atoms with Crippen LogP contribution in [-0.4, -0.2) is 52.6 Å². The van der Waals surface area contributed by atoms with E-state index in [0.717, 1.165) is 10.2 Å². The standard InChI is InChI=1S/C15H10N8O2S/c1-25-11(24)6-9-12-13(22-14(20-19-12)16-7-17-22)23(21-9)15-18-8-4-2-3-5-10(8)26-15/h2-5,7H,6H2,1H3. The fourth-order valence-electron chi connectivity index (χ4n) is 2.70. The number of methoxy groups -OCH3 is 1. The number of hydrogen-bond donors (Lipinski definition) is 0. The number of carbonyl (C=O) groups excluding carboxylic acids is 1. The molecule has 0 amide bonds. The van der Waals surface area contributed by atoms with Crippen LogP contribution in [0.15, 0.2) is 30.6 Å². The Morgan fingerprint density at radius 2 is 2.15 bits per heavy atom. The first-order valence-electron chi connectivity index (χ1n) is 7.61. The van der Waals surface area contributed by atoms with E-state index >= 15 is 0 Å². The number of thiazole rings is 1. The Kier molecular flexibility index (Phi) is 3.15. The summed E-state index contributed by atoms with van der Waals surface area (Å²) in [6, 6.07) is 7.80. The van der Waals surface area contributed by atoms with Gasteiger partial charge >= 0.3 is 5.97 Å². The van der Waals surface area contributed by atoms with E-state index in [-0.39, 0.29) is 6.42 Å². The van der Waals surface area contributed by atoms with Crippen LogP contribution in [0, 0.1) is 0 Å². The van der Waals surface area contributed by atoms with Crippen LogP contribution in [0.1, 0.15) is 5.69 Å². The lowest BCUT2D eigenvalue weighted by atomic mass is 10.3. The third-order valence-electron chi connectivity index (χ3n) is 3.88. The van der Waals surface area contributed by atoms with Crippen molar-refractivity contribution in [2.45, 2.75) is 6.42 Å². The summed E-state index contributed by atoms with van der Waals surface area (Å²) in [4.78, 5) is 20.4. The molecule has 26 heavy (non-hydrogen) atoms. The number of aromatic nitrogens is 8. The van der Waals surface area contributed by atoms with Crippen molar-refractivity contribution in [1.82, 2.24) is 39.6 Å². The first-order chi connectivity index (χ1) is 12.7. The molecule has 0 aliphatic carbocycles. The molecule has 11 heteroatoms. The zero-order valence-corrected chi connectivity index (χ0v) is 14.2. The van der Waals surface area contributed by atoms with E-state index in [1.54, 1.807) is 4.68 Å². The molecule has 0 unspecified atom stereocenters. The molecule has 0 fully saturated rings. The van der Waals surface area contributed by atoms with Gasteiger partial charge in [0, 0.05) is 0 Å². The number of para-hydroxylation sites is 1. The molecule has 0 atom stereocenters. The minimum absolute atomic E-state index is 0.0280. The van der Waals surface area contributed by atoms with E-state index in [4.69, 9.17) is 4.74 Å². The number of fused-ring (bicyclic) bond motifs is 4. The molecule has 0 bridgehead atoms. The van der Waals surface area contributed by atoms with Gasteiger partial charge in [0.15, 0.2) is 11.2 Å². The summed E-state index contributed by atoms with van der Waals surface area (Å²) >= 11 is 1.48. The van der Waals surface area contributed by atoms with E-state index in [1.807, 2.05) is 24.3 Å². The molecule has 0 radical (unpaired) electrons. The van der Waals surface area contributed by atoms with Crippen LogP contribution in [0.5, 0.6) is 0 Å². The fraction of sp³-hybridized carbons (Fsp3) is 0.133. The van der Waals surface area contributed by atoms with E-state index in [2.05, 4.69) is 30.4 Å². The number of esters is 1. The fourth-order valence-corrected chi connectivity index (χ4v) is 3.62. The molecule has 4 aromatic heterocycles.